The number of nitrogens with one attached hydrogen (secondary N) is 1. The van der Waals surface area contributed by atoms with Gasteiger partial charge >= 0.3 is 0 Å². The summed E-state index contributed by atoms with van der Waals surface area (Å²) in [5, 5.41) is 2.61. The number of rotatable bonds is 4. The average Bonchev–Trinajstić information content (AvgIpc) is 2.77. The second kappa shape index (κ2) is 4.90. The molecule has 0 fully saturated rings. The van der Waals surface area contributed by atoms with Crippen LogP contribution in [-0.2, 0) is 16.3 Å². The third-order valence-corrected chi connectivity index (χ3v) is 5.16. The molecule has 0 spiro atoms. The van der Waals surface area contributed by atoms with E-state index in [9.17, 15) is 8.42 Å². The quantitative estimate of drug-likeness (QED) is 0.895. The van der Waals surface area contributed by atoms with Crippen LogP contribution in [0.1, 0.15) is 24.1 Å². The van der Waals surface area contributed by atoms with Gasteiger partial charge in [-0.05, 0) is 19.5 Å². The Morgan fingerprint density at radius 2 is 2.11 bits per heavy atom. The van der Waals surface area contributed by atoms with Gasteiger partial charge in [0, 0.05) is 18.2 Å². The highest BCUT2D eigenvalue weighted by Gasteiger charge is 2.30. The first-order chi connectivity index (χ1) is 8.45. The van der Waals surface area contributed by atoms with E-state index in [1.807, 2.05) is 18.2 Å². The van der Waals surface area contributed by atoms with E-state index in [2.05, 4.69) is 5.32 Å². The minimum atomic E-state index is -3.10. The lowest BCUT2D eigenvalue weighted by Gasteiger charge is -2.24. The molecular weight excluding hydrogens is 250 g/mol. The molecule has 0 amide bonds. The molecule has 1 aromatic carbocycles. The van der Waals surface area contributed by atoms with Crippen LogP contribution in [0.4, 0.5) is 0 Å². The molecule has 5 heteroatoms. The molecule has 0 bridgehead atoms. The zero-order chi connectivity index (χ0) is 13.3. The predicted octanol–water partition coefficient (Wildman–Crippen LogP) is 1.32. The van der Waals surface area contributed by atoms with Crippen LogP contribution in [0.2, 0.25) is 0 Å². The Balaban J connectivity index is 2.43. The first-order valence-electron chi connectivity index (χ1n) is 6.06. The Morgan fingerprint density at radius 1 is 1.39 bits per heavy atom. The van der Waals surface area contributed by atoms with Crippen molar-refractivity contribution in [3.8, 4) is 5.75 Å². The van der Waals surface area contributed by atoms with Crippen molar-refractivity contribution >= 4 is 9.84 Å². The van der Waals surface area contributed by atoms with E-state index in [0.29, 0.717) is 6.61 Å². The summed E-state index contributed by atoms with van der Waals surface area (Å²) in [5.41, 5.74) is 2.10. The Kier molecular flexibility index (Phi) is 3.64. The largest absolute Gasteiger partial charge is 0.493 e. The van der Waals surface area contributed by atoms with Gasteiger partial charge in [0.15, 0.2) is 9.84 Å². The standard InChI is InChI=1S/C13H19NO3S/c1-9(18(3,15)16)12(14-2)11-6-4-5-10-7-8-17-13(10)11/h4-6,9,12,14H,7-8H2,1-3H3. The SMILES string of the molecule is CNC(c1cccc2c1OCC2)C(C)S(C)(=O)=O. The van der Waals surface area contributed by atoms with Gasteiger partial charge in [-0.3, -0.25) is 0 Å². The Hall–Kier alpha value is -1.07. The van der Waals surface area contributed by atoms with Crippen molar-refractivity contribution in [2.75, 3.05) is 19.9 Å². The summed E-state index contributed by atoms with van der Waals surface area (Å²) in [4.78, 5) is 0. The van der Waals surface area contributed by atoms with Gasteiger partial charge in [0.25, 0.3) is 0 Å². The van der Waals surface area contributed by atoms with E-state index < -0.39 is 15.1 Å². The number of ether oxygens (including phenoxy) is 1. The van der Waals surface area contributed by atoms with Gasteiger partial charge in [-0.25, -0.2) is 8.42 Å². The van der Waals surface area contributed by atoms with Gasteiger partial charge in [0.05, 0.1) is 17.9 Å². The van der Waals surface area contributed by atoms with Crippen molar-refractivity contribution in [2.45, 2.75) is 24.6 Å². The minimum Gasteiger partial charge on any atom is -0.493 e. The first kappa shape index (κ1) is 13.4. The summed E-state index contributed by atoms with van der Waals surface area (Å²) in [6.07, 6.45) is 2.17. The number of benzene rings is 1. The maximum atomic E-state index is 11.7. The summed E-state index contributed by atoms with van der Waals surface area (Å²) >= 11 is 0. The van der Waals surface area contributed by atoms with Gasteiger partial charge in [-0.15, -0.1) is 0 Å². The third-order valence-electron chi connectivity index (χ3n) is 3.54. The molecule has 1 N–H and O–H groups in total. The fourth-order valence-corrected chi connectivity index (χ4v) is 3.15. The Morgan fingerprint density at radius 3 is 2.72 bits per heavy atom. The highest BCUT2D eigenvalue weighted by molar-refractivity contribution is 7.91. The fourth-order valence-electron chi connectivity index (χ4n) is 2.38. The zero-order valence-electron chi connectivity index (χ0n) is 10.9. The summed E-state index contributed by atoms with van der Waals surface area (Å²) in [5.74, 6) is 0.854. The lowest BCUT2D eigenvalue weighted by atomic mass is 10.00. The van der Waals surface area contributed by atoms with Gasteiger partial charge in [-0.2, -0.15) is 0 Å². The molecular formula is C13H19NO3S. The summed E-state index contributed by atoms with van der Waals surface area (Å²) < 4.78 is 29.1. The Bertz CT molecular complexity index is 539. The van der Waals surface area contributed by atoms with Gasteiger partial charge in [0.1, 0.15) is 5.75 Å². The van der Waals surface area contributed by atoms with Gasteiger partial charge in [0.2, 0.25) is 0 Å². The van der Waals surface area contributed by atoms with Crippen molar-refractivity contribution < 1.29 is 13.2 Å². The summed E-state index contributed by atoms with van der Waals surface area (Å²) in [6, 6.07) is 5.69. The molecule has 4 nitrogen and oxygen atoms in total. The van der Waals surface area contributed by atoms with Crippen LogP contribution in [0.5, 0.6) is 5.75 Å². The molecule has 1 aliphatic rings. The molecule has 0 saturated heterocycles. The van der Waals surface area contributed by atoms with Gasteiger partial charge in [-0.1, -0.05) is 18.2 Å². The van der Waals surface area contributed by atoms with Crippen LogP contribution in [0.15, 0.2) is 18.2 Å². The van der Waals surface area contributed by atoms with Crippen molar-refractivity contribution in [3.05, 3.63) is 29.3 Å². The molecule has 2 unspecified atom stereocenters. The van der Waals surface area contributed by atoms with Crippen LogP contribution in [0.25, 0.3) is 0 Å². The van der Waals surface area contributed by atoms with Crippen molar-refractivity contribution in [1.82, 2.24) is 5.32 Å². The monoisotopic (exact) mass is 269 g/mol. The predicted molar refractivity (Wildman–Crippen MR) is 71.7 cm³/mol. The molecule has 100 valence electrons. The number of sulfone groups is 1. The second-order valence-electron chi connectivity index (χ2n) is 4.73. The Labute approximate surface area is 108 Å². The summed E-state index contributed by atoms with van der Waals surface area (Å²) in [6.45, 7) is 2.40. The molecule has 1 heterocycles. The highest BCUT2D eigenvalue weighted by atomic mass is 32.2. The average molecular weight is 269 g/mol. The molecule has 0 aromatic heterocycles. The van der Waals surface area contributed by atoms with Crippen LogP contribution < -0.4 is 10.1 Å². The van der Waals surface area contributed by atoms with E-state index in [0.717, 1.165) is 23.3 Å². The highest BCUT2D eigenvalue weighted by Crippen LogP contribution is 2.35. The van der Waals surface area contributed by atoms with Crippen LogP contribution in [-0.4, -0.2) is 33.6 Å². The van der Waals surface area contributed by atoms with E-state index in [4.69, 9.17) is 4.74 Å². The lowest BCUT2D eigenvalue weighted by Crippen LogP contribution is -2.33. The summed E-state index contributed by atoms with van der Waals surface area (Å²) in [7, 11) is -1.32. The minimum absolute atomic E-state index is 0.243. The van der Waals surface area contributed by atoms with E-state index >= 15 is 0 Å². The number of hydrogen-bond acceptors (Lipinski definition) is 4. The maximum absolute atomic E-state index is 11.7. The van der Waals surface area contributed by atoms with Crippen LogP contribution in [0, 0.1) is 0 Å². The molecule has 0 saturated carbocycles. The molecule has 1 aromatic rings. The van der Waals surface area contributed by atoms with Crippen molar-refractivity contribution in [2.24, 2.45) is 0 Å². The fraction of sp³-hybridized carbons (Fsp3) is 0.538. The third kappa shape index (κ3) is 2.37. The van der Waals surface area contributed by atoms with E-state index in [-0.39, 0.29) is 6.04 Å². The molecule has 2 atom stereocenters. The second-order valence-corrected chi connectivity index (χ2v) is 7.14. The van der Waals surface area contributed by atoms with E-state index in [1.54, 1.807) is 14.0 Å². The molecule has 0 aliphatic carbocycles. The molecule has 18 heavy (non-hydrogen) atoms. The van der Waals surface area contributed by atoms with E-state index in [1.165, 1.54) is 6.26 Å². The first-order valence-corrected chi connectivity index (χ1v) is 8.01. The van der Waals surface area contributed by atoms with Crippen molar-refractivity contribution in [3.63, 3.8) is 0 Å². The van der Waals surface area contributed by atoms with Gasteiger partial charge < -0.3 is 10.1 Å². The van der Waals surface area contributed by atoms with Crippen molar-refractivity contribution in [1.29, 1.82) is 0 Å². The lowest BCUT2D eigenvalue weighted by molar-refractivity contribution is 0.348. The number of para-hydroxylation sites is 1. The molecule has 0 radical (unpaired) electrons. The number of fused-ring (bicyclic) bond motifs is 1. The maximum Gasteiger partial charge on any atom is 0.151 e. The number of hydrogen-bond donors (Lipinski definition) is 1. The molecule has 2 rings (SSSR count). The topological polar surface area (TPSA) is 55.4 Å². The van der Waals surface area contributed by atoms with Crippen LogP contribution in [0.3, 0.4) is 0 Å². The van der Waals surface area contributed by atoms with Crippen LogP contribution >= 0.6 is 0 Å². The smallest absolute Gasteiger partial charge is 0.151 e. The normalized spacial score (nSPS) is 17.9. The molecule has 1 aliphatic heterocycles. The zero-order valence-corrected chi connectivity index (χ0v) is 11.8.